The zero-order valence-electron chi connectivity index (χ0n) is 14.1. The summed E-state index contributed by atoms with van der Waals surface area (Å²) in [5.41, 5.74) is 1.90. The molecule has 7 nitrogen and oxygen atoms in total. The van der Waals surface area contributed by atoms with E-state index in [9.17, 15) is 4.79 Å². The SMILES string of the molecule is CC1CCN(Cc2cn(CC(=O)NCc3cccnc3)nn2)CC1. The molecule has 1 fully saturated rings. The second kappa shape index (κ2) is 8.01. The molecule has 0 aromatic carbocycles. The molecule has 1 saturated heterocycles. The van der Waals surface area contributed by atoms with Gasteiger partial charge in [-0.1, -0.05) is 18.2 Å². The topological polar surface area (TPSA) is 75.9 Å². The maximum atomic E-state index is 12.0. The molecule has 0 atom stereocenters. The second-order valence-electron chi connectivity index (χ2n) is 6.50. The van der Waals surface area contributed by atoms with E-state index in [1.165, 1.54) is 12.8 Å². The van der Waals surface area contributed by atoms with Gasteiger partial charge in [0, 0.05) is 25.5 Å². The van der Waals surface area contributed by atoms with Crippen LogP contribution in [-0.2, 0) is 24.4 Å². The molecule has 1 aliphatic heterocycles. The summed E-state index contributed by atoms with van der Waals surface area (Å²) in [6, 6.07) is 3.78. The summed E-state index contributed by atoms with van der Waals surface area (Å²) in [5.74, 6) is 0.738. The van der Waals surface area contributed by atoms with Gasteiger partial charge in [0.05, 0.1) is 11.9 Å². The van der Waals surface area contributed by atoms with Gasteiger partial charge in [0.25, 0.3) is 0 Å². The fraction of sp³-hybridized carbons (Fsp3) is 0.529. The van der Waals surface area contributed by atoms with Crippen molar-refractivity contribution in [2.45, 2.75) is 39.4 Å². The Bertz CT molecular complexity index is 648. The Hall–Kier alpha value is -2.28. The maximum Gasteiger partial charge on any atom is 0.242 e. The number of nitrogens with one attached hydrogen (secondary N) is 1. The third kappa shape index (κ3) is 4.86. The van der Waals surface area contributed by atoms with Crippen molar-refractivity contribution in [3.8, 4) is 0 Å². The fourth-order valence-corrected chi connectivity index (χ4v) is 2.84. The molecule has 0 aliphatic carbocycles. The lowest BCUT2D eigenvalue weighted by Crippen LogP contribution is -2.32. The van der Waals surface area contributed by atoms with E-state index >= 15 is 0 Å². The molecule has 3 heterocycles. The van der Waals surface area contributed by atoms with E-state index in [0.717, 1.165) is 36.8 Å². The van der Waals surface area contributed by atoms with Crippen molar-refractivity contribution in [1.82, 2.24) is 30.2 Å². The van der Waals surface area contributed by atoms with Gasteiger partial charge >= 0.3 is 0 Å². The molecule has 1 N–H and O–H groups in total. The highest BCUT2D eigenvalue weighted by atomic mass is 16.2. The first kappa shape index (κ1) is 16.6. The molecule has 1 aliphatic rings. The van der Waals surface area contributed by atoms with E-state index in [2.05, 4.69) is 32.4 Å². The maximum absolute atomic E-state index is 12.0. The number of rotatable bonds is 6. The Balaban J connectivity index is 1.44. The van der Waals surface area contributed by atoms with Crippen molar-refractivity contribution < 1.29 is 4.79 Å². The summed E-state index contributed by atoms with van der Waals surface area (Å²) in [4.78, 5) is 18.4. The van der Waals surface area contributed by atoms with Crippen LogP contribution in [0.25, 0.3) is 0 Å². The molecule has 2 aromatic heterocycles. The summed E-state index contributed by atoms with van der Waals surface area (Å²) in [5, 5.41) is 11.1. The van der Waals surface area contributed by atoms with E-state index < -0.39 is 0 Å². The van der Waals surface area contributed by atoms with Crippen LogP contribution in [0.5, 0.6) is 0 Å². The molecule has 2 aromatic rings. The molecule has 0 radical (unpaired) electrons. The quantitative estimate of drug-likeness (QED) is 0.863. The average molecular weight is 328 g/mol. The van der Waals surface area contributed by atoms with Crippen molar-refractivity contribution in [3.05, 3.63) is 42.0 Å². The van der Waals surface area contributed by atoms with Crippen LogP contribution in [0.15, 0.2) is 30.7 Å². The average Bonchev–Trinajstić information content (AvgIpc) is 3.03. The van der Waals surface area contributed by atoms with Crippen LogP contribution in [0.4, 0.5) is 0 Å². The van der Waals surface area contributed by atoms with Gasteiger partial charge < -0.3 is 5.32 Å². The second-order valence-corrected chi connectivity index (χ2v) is 6.50. The van der Waals surface area contributed by atoms with Gasteiger partial charge in [-0.15, -0.1) is 5.10 Å². The van der Waals surface area contributed by atoms with Crippen LogP contribution < -0.4 is 5.32 Å². The number of amides is 1. The van der Waals surface area contributed by atoms with Gasteiger partial charge in [-0.2, -0.15) is 0 Å². The van der Waals surface area contributed by atoms with E-state index in [-0.39, 0.29) is 12.5 Å². The number of nitrogens with zero attached hydrogens (tertiary/aromatic N) is 5. The lowest BCUT2D eigenvalue weighted by Gasteiger charge is -2.29. The first-order valence-corrected chi connectivity index (χ1v) is 8.46. The van der Waals surface area contributed by atoms with E-state index in [1.54, 1.807) is 17.1 Å². The van der Waals surface area contributed by atoms with Crippen LogP contribution in [-0.4, -0.2) is 43.9 Å². The minimum Gasteiger partial charge on any atom is -0.350 e. The number of aromatic nitrogens is 4. The van der Waals surface area contributed by atoms with Crippen molar-refractivity contribution in [3.63, 3.8) is 0 Å². The summed E-state index contributed by atoms with van der Waals surface area (Å²) in [6.45, 7) is 5.99. The number of hydrogen-bond donors (Lipinski definition) is 1. The van der Waals surface area contributed by atoms with Crippen LogP contribution in [0, 0.1) is 5.92 Å². The number of likely N-dealkylation sites (tertiary alicyclic amines) is 1. The molecule has 128 valence electrons. The third-order valence-electron chi connectivity index (χ3n) is 4.37. The van der Waals surface area contributed by atoms with Crippen molar-refractivity contribution in [2.24, 2.45) is 5.92 Å². The van der Waals surface area contributed by atoms with Gasteiger partial charge in [0.15, 0.2) is 0 Å². The molecule has 1 amide bonds. The monoisotopic (exact) mass is 328 g/mol. The summed E-state index contributed by atoms with van der Waals surface area (Å²) in [7, 11) is 0. The molecule has 3 rings (SSSR count). The standard InChI is InChI=1S/C17H24N6O/c1-14-4-7-22(8-5-14)11-16-12-23(21-20-16)13-17(24)19-10-15-3-2-6-18-9-15/h2-3,6,9,12,14H,4-5,7-8,10-11,13H2,1H3,(H,19,24). The van der Waals surface area contributed by atoms with Gasteiger partial charge in [-0.3, -0.25) is 14.7 Å². The Kier molecular flexibility index (Phi) is 5.53. The van der Waals surface area contributed by atoms with Crippen LogP contribution in [0.1, 0.15) is 31.0 Å². The molecular formula is C17H24N6O. The Morgan fingerprint density at radius 2 is 2.21 bits per heavy atom. The molecule has 0 unspecified atom stereocenters. The number of carbonyl (C=O) groups excluding carboxylic acids is 1. The Labute approximate surface area is 142 Å². The van der Waals surface area contributed by atoms with Crippen LogP contribution >= 0.6 is 0 Å². The van der Waals surface area contributed by atoms with Crippen molar-refractivity contribution in [2.75, 3.05) is 13.1 Å². The zero-order valence-corrected chi connectivity index (χ0v) is 14.1. The molecule has 24 heavy (non-hydrogen) atoms. The lowest BCUT2D eigenvalue weighted by molar-refractivity contribution is -0.122. The number of pyridine rings is 1. The van der Waals surface area contributed by atoms with Gasteiger partial charge in [-0.05, 0) is 43.5 Å². The number of piperidine rings is 1. The van der Waals surface area contributed by atoms with Gasteiger partial charge in [-0.25, -0.2) is 4.68 Å². The van der Waals surface area contributed by atoms with Crippen molar-refractivity contribution in [1.29, 1.82) is 0 Å². The first-order valence-electron chi connectivity index (χ1n) is 8.46. The largest absolute Gasteiger partial charge is 0.350 e. The predicted molar refractivity (Wildman–Crippen MR) is 89.8 cm³/mol. The minimum atomic E-state index is -0.0814. The fourth-order valence-electron chi connectivity index (χ4n) is 2.84. The van der Waals surface area contributed by atoms with E-state index in [4.69, 9.17) is 0 Å². The Morgan fingerprint density at radius 1 is 1.38 bits per heavy atom. The smallest absolute Gasteiger partial charge is 0.242 e. The highest BCUT2D eigenvalue weighted by Gasteiger charge is 2.17. The highest BCUT2D eigenvalue weighted by Crippen LogP contribution is 2.17. The van der Waals surface area contributed by atoms with Crippen LogP contribution in [0.3, 0.4) is 0 Å². The Morgan fingerprint density at radius 3 is 2.96 bits per heavy atom. The van der Waals surface area contributed by atoms with E-state index in [0.29, 0.717) is 6.54 Å². The first-order chi connectivity index (χ1) is 11.7. The number of hydrogen-bond acceptors (Lipinski definition) is 5. The van der Waals surface area contributed by atoms with Crippen LogP contribution in [0.2, 0.25) is 0 Å². The summed E-state index contributed by atoms with van der Waals surface area (Å²) < 4.78 is 1.60. The summed E-state index contributed by atoms with van der Waals surface area (Å²) >= 11 is 0. The molecular weight excluding hydrogens is 304 g/mol. The third-order valence-corrected chi connectivity index (χ3v) is 4.37. The van der Waals surface area contributed by atoms with Gasteiger partial charge in [0.1, 0.15) is 6.54 Å². The summed E-state index contributed by atoms with van der Waals surface area (Å²) in [6.07, 6.45) is 7.80. The molecule has 0 saturated carbocycles. The number of carbonyl (C=O) groups is 1. The molecule has 7 heteroatoms. The highest BCUT2D eigenvalue weighted by molar-refractivity contribution is 5.75. The van der Waals surface area contributed by atoms with Gasteiger partial charge in [0.2, 0.25) is 5.91 Å². The lowest BCUT2D eigenvalue weighted by atomic mass is 9.99. The normalized spacial score (nSPS) is 16.2. The van der Waals surface area contributed by atoms with Crippen molar-refractivity contribution >= 4 is 5.91 Å². The zero-order chi connectivity index (χ0) is 16.8. The van der Waals surface area contributed by atoms with E-state index in [1.807, 2.05) is 18.3 Å². The molecule has 0 bridgehead atoms. The minimum absolute atomic E-state index is 0.0814. The predicted octanol–water partition coefficient (Wildman–Crippen LogP) is 1.22. The molecule has 0 spiro atoms.